The van der Waals surface area contributed by atoms with E-state index in [0.29, 0.717) is 23.9 Å². The van der Waals surface area contributed by atoms with Gasteiger partial charge in [-0.05, 0) is 82.5 Å². The minimum Gasteiger partial charge on any atom is -0.250 e. The molecule has 1 aliphatic carbocycles. The van der Waals surface area contributed by atoms with E-state index in [9.17, 15) is 0 Å². The van der Waals surface area contributed by atoms with Gasteiger partial charge in [0.05, 0.1) is 11.4 Å². The average molecular weight is 461 g/mol. The molecule has 190 valence electrons. The molecule has 0 spiro atoms. The molecular formula is C27H52N6. The molecule has 1 saturated carbocycles. The quantitative estimate of drug-likeness (QED) is 0.443. The zero-order valence-corrected chi connectivity index (χ0v) is 23.6. The van der Waals surface area contributed by atoms with Crippen molar-refractivity contribution in [3.8, 4) is 0 Å². The molecule has 2 unspecified atom stereocenters. The van der Waals surface area contributed by atoms with Crippen molar-refractivity contribution in [1.82, 2.24) is 30.0 Å². The summed E-state index contributed by atoms with van der Waals surface area (Å²) in [4.78, 5) is 0. The van der Waals surface area contributed by atoms with Gasteiger partial charge < -0.3 is 0 Å². The first-order valence-corrected chi connectivity index (χ1v) is 13.2. The Morgan fingerprint density at radius 3 is 1.09 bits per heavy atom. The van der Waals surface area contributed by atoms with Crippen LogP contribution >= 0.6 is 0 Å². The average Bonchev–Trinajstić information content (AvgIpc) is 3.49. The van der Waals surface area contributed by atoms with Gasteiger partial charge in [0.2, 0.25) is 0 Å². The molecule has 0 aromatic carbocycles. The van der Waals surface area contributed by atoms with E-state index >= 15 is 0 Å². The molecule has 6 nitrogen and oxygen atoms in total. The summed E-state index contributed by atoms with van der Waals surface area (Å²) in [7, 11) is 0. The Morgan fingerprint density at radius 1 is 0.606 bits per heavy atom. The van der Waals surface area contributed by atoms with Crippen molar-refractivity contribution < 1.29 is 0 Å². The standard InChI is InChI=1S/C11H22.2C8H15N3/c1-8(2)10-5-6-11(7-10)9(3)4;2*1-6(2)8-5-11(7(3)4)10-9-8/h8-11H,5-7H2,1-4H3;2*5-7H,1-4H3. The van der Waals surface area contributed by atoms with Gasteiger partial charge in [0.15, 0.2) is 0 Å². The van der Waals surface area contributed by atoms with Gasteiger partial charge in [0, 0.05) is 24.5 Å². The lowest BCUT2D eigenvalue weighted by Gasteiger charge is -2.16. The highest BCUT2D eigenvalue weighted by atomic mass is 15.4. The smallest absolute Gasteiger partial charge is 0.0852 e. The predicted molar refractivity (Wildman–Crippen MR) is 139 cm³/mol. The van der Waals surface area contributed by atoms with Gasteiger partial charge in [-0.15, -0.1) is 10.2 Å². The number of hydrogen-bond donors (Lipinski definition) is 0. The van der Waals surface area contributed by atoms with Crippen LogP contribution in [0.1, 0.15) is 138 Å². The molecule has 1 aliphatic rings. The Labute approximate surface area is 203 Å². The first-order chi connectivity index (χ1) is 15.3. The van der Waals surface area contributed by atoms with Crippen LogP contribution in [0, 0.1) is 23.7 Å². The minimum absolute atomic E-state index is 0.412. The highest BCUT2D eigenvalue weighted by Gasteiger charge is 2.28. The third-order valence-corrected chi connectivity index (χ3v) is 6.70. The highest BCUT2D eigenvalue weighted by Crippen LogP contribution is 2.39. The Hall–Kier alpha value is -1.72. The monoisotopic (exact) mass is 460 g/mol. The topological polar surface area (TPSA) is 61.4 Å². The van der Waals surface area contributed by atoms with Gasteiger partial charge in [0.1, 0.15) is 0 Å². The minimum atomic E-state index is 0.412. The lowest BCUT2D eigenvalue weighted by Crippen LogP contribution is -2.07. The van der Waals surface area contributed by atoms with Crippen molar-refractivity contribution >= 4 is 0 Å². The number of aromatic nitrogens is 6. The Balaban J connectivity index is 0.000000247. The summed E-state index contributed by atoms with van der Waals surface area (Å²) in [6.07, 6.45) is 8.49. The number of nitrogens with zero attached hydrogens (tertiary/aromatic N) is 6. The lowest BCUT2D eigenvalue weighted by atomic mass is 9.89. The van der Waals surface area contributed by atoms with Gasteiger partial charge in [0.25, 0.3) is 0 Å². The number of rotatable bonds is 6. The molecule has 0 radical (unpaired) electrons. The third-order valence-electron chi connectivity index (χ3n) is 6.70. The first-order valence-electron chi connectivity index (χ1n) is 13.2. The van der Waals surface area contributed by atoms with Crippen molar-refractivity contribution in [3.63, 3.8) is 0 Å². The SMILES string of the molecule is CC(C)C1CCC(C(C)C)C1.CC(C)c1cn(C(C)C)nn1.CC(C)c1cn(C(C)C)nn1. The van der Waals surface area contributed by atoms with Crippen LogP contribution < -0.4 is 0 Å². The molecule has 0 bridgehead atoms. The van der Waals surface area contributed by atoms with Crippen LogP contribution in [0.3, 0.4) is 0 Å². The van der Waals surface area contributed by atoms with Gasteiger partial charge >= 0.3 is 0 Å². The highest BCUT2D eigenvalue weighted by molar-refractivity contribution is 4.99. The van der Waals surface area contributed by atoms with E-state index in [4.69, 9.17) is 0 Å². The van der Waals surface area contributed by atoms with Gasteiger partial charge in [-0.3, -0.25) is 0 Å². The second-order valence-corrected chi connectivity index (χ2v) is 11.6. The summed E-state index contributed by atoms with van der Waals surface area (Å²) < 4.78 is 3.77. The maximum Gasteiger partial charge on any atom is 0.0852 e. The maximum atomic E-state index is 4.05. The van der Waals surface area contributed by atoms with Crippen molar-refractivity contribution in [2.75, 3.05) is 0 Å². The van der Waals surface area contributed by atoms with Crippen LogP contribution in [0.15, 0.2) is 12.4 Å². The molecule has 2 atom stereocenters. The van der Waals surface area contributed by atoms with Gasteiger partial charge in [-0.2, -0.15) is 0 Å². The lowest BCUT2D eigenvalue weighted by molar-refractivity contribution is 0.340. The van der Waals surface area contributed by atoms with Crippen molar-refractivity contribution in [3.05, 3.63) is 23.8 Å². The van der Waals surface area contributed by atoms with E-state index < -0.39 is 0 Å². The molecule has 0 aliphatic heterocycles. The summed E-state index contributed by atoms with van der Waals surface area (Å²) in [5.41, 5.74) is 2.14. The number of hydrogen-bond acceptors (Lipinski definition) is 4. The maximum absolute atomic E-state index is 4.05. The van der Waals surface area contributed by atoms with Crippen LogP contribution in [0.25, 0.3) is 0 Å². The second-order valence-electron chi connectivity index (χ2n) is 11.6. The largest absolute Gasteiger partial charge is 0.250 e. The Bertz CT molecular complexity index is 660. The fourth-order valence-corrected chi connectivity index (χ4v) is 3.88. The molecule has 6 heteroatoms. The summed E-state index contributed by atoms with van der Waals surface area (Å²) in [5.74, 6) is 4.84. The normalized spacial score (nSPS) is 18.4. The predicted octanol–water partition coefficient (Wildman–Crippen LogP) is 7.68. The summed E-state index contributed by atoms with van der Waals surface area (Å²) >= 11 is 0. The van der Waals surface area contributed by atoms with E-state index in [0.717, 1.165) is 35.1 Å². The van der Waals surface area contributed by atoms with E-state index in [1.807, 2.05) is 21.8 Å². The zero-order valence-electron chi connectivity index (χ0n) is 23.6. The van der Waals surface area contributed by atoms with Crippen LogP contribution in [-0.2, 0) is 0 Å². The molecule has 33 heavy (non-hydrogen) atoms. The van der Waals surface area contributed by atoms with E-state index in [2.05, 4.69) is 104 Å². The van der Waals surface area contributed by atoms with Crippen molar-refractivity contribution in [2.24, 2.45) is 23.7 Å². The second kappa shape index (κ2) is 13.9. The third kappa shape index (κ3) is 9.97. The first kappa shape index (κ1) is 29.3. The molecule has 0 saturated heterocycles. The van der Waals surface area contributed by atoms with Crippen LogP contribution in [0.5, 0.6) is 0 Å². The Kier molecular flexibility index (Phi) is 12.3. The van der Waals surface area contributed by atoms with Gasteiger partial charge in [-0.25, -0.2) is 9.36 Å². The molecule has 3 rings (SSSR count). The zero-order chi connectivity index (χ0) is 25.3. The van der Waals surface area contributed by atoms with Crippen LogP contribution in [-0.4, -0.2) is 30.0 Å². The fourth-order valence-electron chi connectivity index (χ4n) is 3.88. The molecule has 2 aromatic heterocycles. The Morgan fingerprint density at radius 2 is 0.939 bits per heavy atom. The van der Waals surface area contributed by atoms with Crippen LogP contribution in [0.2, 0.25) is 0 Å². The summed E-state index contributed by atoms with van der Waals surface area (Å²) in [6.45, 7) is 26.3. The van der Waals surface area contributed by atoms with E-state index in [1.165, 1.54) is 19.3 Å². The molecule has 0 N–H and O–H groups in total. The molecule has 1 fully saturated rings. The summed E-state index contributed by atoms with van der Waals surface area (Å²) in [5, 5.41) is 16.1. The molecular weight excluding hydrogens is 408 g/mol. The van der Waals surface area contributed by atoms with E-state index in [1.54, 1.807) is 0 Å². The molecule has 0 amide bonds. The van der Waals surface area contributed by atoms with Gasteiger partial charge in [-0.1, -0.05) is 65.8 Å². The van der Waals surface area contributed by atoms with Crippen molar-refractivity contribution in [2.45, 2.75) is 126 Å². The molecule has 2 aromatic rings. The van der Waals surface area contributed by atoms with E-state index in [-0.39, 0.29) is 0 Å². The fraction of sp³-hybridized carbons (Fsp3) is 0.852. The van der Waals surface area contributed by atoms with Crippen molar-refractivity contribution in [1.29, 1.82) is 0 Å². The molecule has 2 heterocycles. The van der Waals surface area contributed by atoms with Crippen LogP contribution in [0.4, 0.5) is 0 Å². The summed E-state index contributed by atoms with van der Waals surface area (Å²) in [6, 6.07) is 0.824.